The van der Waals surface area contributed by atoms with Crippen LogP contribution in [0.1, 0.15) is 51.0 Å². The van der Waals surface area contributed by atoms with Crippen LogP contribution in [0.2, 0.25) is 5.02 Å². The van der Waals surface area contributed by atoms with Gasteiger partial charge in [0.15, 0.2) is 0 Å². The van der Waals surface area contributed by atoms with Crippen LogP contribution in [0.15, 0.2) is 43.0 Å². The van der Waals surface area contributed by atoms with E-state index in [1.807, 2.05) is 24.7 Å². The first-order valence-corrected chi connectivity index (χ1v) is 12.0. The molecule has 1 saturated heterocycles. The minimum Gasteiger partial charge on any atom is -0.337 e. The number of aromatic nitrogens is 2. The van der Waals surface area contributed by atoms with Gasteiger partial charge in [0.2, 0.25) is 0 Å². The summed E-state index contributed by atoms with van der Waals surface area (Å²) in [7, 11) is 0. The van der Waals surface area contributed by atoms with Crippen molar-refractivity contribution in [3.05, 3.63) is 53.6 Å². The second-order valence-electron chi connectivity index (χ2n) is 7.11. The summed E-state index contributed by atoms with van der Waals surface area (Å²) in [5.41, 5.74) is 1.40. The van der Waals surface area contributed by atoms with Crippen molar-refractivity contribution < 1.29 is 0 Å². The van der Waals surface area contributed by atoms with Gasteiger partial charge < -0.3 is 4.57 Å². The fraction of sp³-hybridized carbons (Fsp3) is 0.571. The molecule has 2 atom stereocenters. The van der Waals surface area contributed by atoms with Crippen molar-refractivity contribution in [3.8, 4) is 0 Å². The Morgan fingerprint density at radius 2 is 2.12 bits per heavy atom. The van der Waals surface area contributed by atoms with E-state index >= 15 is 0 Å². The predicted molar refractivity (Wildman–Crippen MR) is 117 cm³/mol. The second-order valence-corrected chi connectivity index (χ2v) is 11.0. The number of rotatable bonds is 9. The van der Waals surface area contributed by atoms with Crippen molar-refractivity contribution in [2.75, 3.05) is 5.75 Å². The predicted octanol–water partition coefficient (Wildman–Crippen LogP) is 6.68. The molecule has 2 heterocycles. The van der Waals surface area contributed by atoms with Gasteiger partial charge in [0.1, 0.15) is 0 Å². The molecule has 0 saturated carbocycles. The zero-order chi connectivity index (χ0) is 18.2. The highest BCUT2D eigenvalue weighted by Crippen LogP contribution is 2.52. The van der Waals surface area contributed by atoms with Crippen LogP contribution in [0, 0.1) is 0 Å². The first kappa shape index (κ1) is 20.2. The Morgan fingerprint density at radius 3 is 2.85 bits per heavy atom. The molecular formula is C21H29ClN2S2. The molecular weight excluding hydrogens is 380 g/mol. The Balaban J connectivity index is 1.66. The van der Waals surface area contributed by atoms with Gasteiger partial charge in [-0.3, -0.25) is 0 Å². The van der Waals surface area contributed by atoms with E-state index in [1.165, 1.54) is 49.8 Å². The lowest BCUT2D eigenvalue weighted by atomic mass is 10.1. The largest absolute Gasteiger partial charge is 0.337 e. The van der Waals surface area contributed by atoms with Gasteiger partial charge in [-0.25, -0.2) is 4.98 Å². The van der Waals surface area contributed by atoms with E-state index in [-0.39, 0.29) is 0 Å². The first-order valence-electron chi connectivity index (χ1n) is 9.71. The van der Waals surface area contributed by atoms with Crippen LogP contribution >= 0.6 is 35.1 Å². The minimum atomic E-state index is 0.320. The topological polar surface area (TPSA) is 17.8 Å². The molecule has 0 bridgehead atoms. The summed E-state index contributed by atoms with van der Waals surface area (Å²) in [5.74, 6) is 1.30. The molecule has 2 unspecified atom stereocenters. The van der Waals surface area contributed by atoms with Crippen LogP contribution in [-0.4, -0.2) is 24.6 Å². The molecule has 26 heavy (non-hydrogen) atoms. The maximum atomic E-state index is 6.05. The Labute approximate surface area is 171 Å². The van der Waals surface area contributed by atoms with E-state index in [9.17, 15) is 0 Å². The van der Waals surface area contributed by atoms with Crippen LogP contribution in [-0.2, 0) is 13.0 Å². The van der Waals surface area contributed by atoms with Gasteiger partial charge in [-0.2, -0.15) is 0 Å². The van der Waals surface area contributed by atoms with Gasteiger partial charge in [0, 0.05) is 29.2 Å². The van der Waals surface area contributed by atoms with E-state index in [0.29, 0.717) is 4.08 Å². The molecule has 1 aromatic carbocycles. The molecule has 142 valence electrons. The number of hydrogen-bond acceptors (Lipinski definition) is 3. The van der Waals surface area contributed by atoms with E-state index in [2.05, 4.69) is 58.3 Å². The third-order valence-electron chi connectivity index (χ3n) is 5.08. The van der Waals surface area contributed by atoms with Gasteiger partial charge in [-0.05, 0) is 55.6 Å². The molecule has 2 aromatic rings. The van der Waals surface area contributed by atoms with E-state index in [0.717, 1.165) is 23.2 Å². The highest BCUT2D eigenvalue weighted by atomic mass is 35.5. The van der Waals surface area contributed by atoms with Gasteiger partial charge in [-0.1, -0.05) is 43.5 Å². The van der Waals surface area contributed by atoms with Crippen molar-refractivity contribution in [2.24, 2.45) is 0 Å². The molecule has 1 aliphatic heterocycles. The van der Waals surface area contributed by atoms with Crippen LogP contribution < -0.4 is 0 Å². The molecule has 0 aliphatic carbocycles. The smallest absolute Gasteiger partial charge is 0.0945 e. The van der Waals surface area contributed by atoms with Crippen molar-refractivity contribution in [1.29, 1.82) is 0 Å². The summed E-state index contributed by atoms with van der Waals surface area (Å²) in [6.45, 7) is 3.36. The van der Waals surface area contributed by atoms with Crippen LogP contribution in [0.4, 0.5) is 0 Å². The molecule has 0 radical (unpaired) electrons. The number of imidazole rings is 1. The summed E-state index contributed by atoms with van der Waals surface area (Å²) in [5, 5.41) is 1.65. The summed E-state index contributed by atoms with van der Waals surface area (Å²) in [6.07, 6.45) is 14.9. The summed E-state index contributed by atoms with van der Waals surface area (Å²) < 4.78 is 2.54. The normalized spacial score (nSPS) is 23.2. The number of unbranched alkanes of at least 4 members (excludes halogenated alkanes) is 1. The van der Waals surface area contributed by atoms with Gasteiger partial charge >= 0.3 is 0 Å². The lowest BCUT2D eigenvalue weighted by Gasteiger charge is -2.40. The lowest BCUT2D eigenvalue weighted by molar-refractivity contribution is 0.559. The molecule has 5 heteroatoms. The maximum absolute atomic E-state index is 6.05. The van der Waals surface area contributed by atoms with E-state index in [4.69, 9.17) is 11.6 Å². The molecule has 0 N–H and O–H groups in total. The molecule has 1 aromatic heterocycles. The zero-order valence-corrected chi connectivity index (χ0v) is 18.0. The summed E-state index contributed by atoms with van der Waals surface area (Å²) >= 11 is 10.5. The quantitative estimate of drug-likeness (QED) is 0.460. The minimum absolute atomic E-state index is 0.320. The fourth-order valence-electron chi connectivity index (χ4n) is 3.50. The average Bonchev–Trinajstić information content (AvgIpc) is 3.19. The monoisotopic (exact) mass is 408 g/mol. The van der Waals surface area contributed by atoms with Crippen LogP contribution in [0.3, 0.4) is 0 Å². The maximum Gasteiger partial charge on any atom is 0.0945 e. The van der Waals surface area contributed by atoms with E-state index < -0.39 is 0 Å². The van der Waals surface area contributed by atoms with Crippen LogP contribution in [0.25, 0.3) is 0 Å². The zero-order valence-electron chi connectivity index (χ0n) is 15.6. The molecule has 0 spiro atoms. The van der Waals surface area contributed by atoms with Crippen molar-refractivity contribution >= 4 is 35.1 Å². The lowest BCUT2D eigenvalue weighted by Crippen LogP contribution is -2.31. The number of nitrogens with zero attached hydrogens (tertiary/aromatic N) is 2. The summed E-state index contributed by atoms with van der Waals surface area (Å²) in [4.78, 5) is 4.20. The Morgan fingerprint density at radius 1 is 1.27 bits per heavy atom. The third kappa shape index (κ3) is 5.97. The van der Waals surface area contributed by atoms with E-state index in [1.54, 1.807) is 0 Å². The van der Waals surface area contributed by atoms with Gasteiger partial charge in [0.05, 0.1) is 10.4 Å². The molecule has 1 aliphatic rings. The standard InChI is InChI=1S/C21H29ClN2S2/c1-2-3-4-20-10-16-25-21(26-20,12-14-24-15-13-23-17-24)11-9-18-5-7-19(22)8-6-18/h5-8,13,15,17,20H,2-4,9-12,14,16H2,1H3. The molecule has 1 fully saturated rings. The van der Waals surface area contributed by atoms with Crippen molar-refractivity contribution in [3.63, 3.8) is 0 Å². The van der Waals surface area contributed by atoms with Crippen molar-refractivity contribution in [2.45, 2.75) is 67.7 Å². The second kappa shape index (κ2) is 10.1. The number of benzene rings is 1. The Hall–Kier alpha value is -0.580. The highest BCUT2D eigenvalue weighted by Gasteiger charge is 2.37. The number of aryl methyl sites for hydroxylation is 2. The Bertz CT molecular complexity index is 645. The molecule has 2 nitrogen and oxygen atoms in total. The van der Waals surface area contributed by atoms with Gasteiger partial charge in [0.25, 0.3) is 0 Å². The first-order chi connectivity index (χ1) is 12.7. The number of halogens is 1. The third-order valence-corrected chi connectivity index (χ3v) is 8.99. The summed E-state index contributed by atoms with van der Waals surface area (Å²) in [6, 6.07) is 8.39. The average molecular weight is 409 g/mol. The highest BCUT2D eigenvalue weighted by molar-refractivity contribution is 8.19. The number of hydrogen-bond donors (Lipinski definition) is 0. The molecule has 3 rings (SSSR count). The fourth-order valence-corrected chi connectivity index (χ4v) is 7.52. The number of thioether (sulfide) groups is 2. The SMILES string of the molecule is CCCCC1CCSC(CCc2ccc(Cl)cc2)(CCn2ccnc2)S1. The van der Waals surface area contributed by atoms with Gasteiger partial charge in [-0.15, -0.1) is 23.5 Å². The molecule has 0 amide bonds. The van der Waals surface area contributed by atoms with Crippen LogP contribution in [0.5, 0.6) is 0 Å². The Kier molecular flexibility index (Phi) is 7.83. The van der Waals surface area contributed by atoms with Crippen molar-refractivity contribution in [1.82, 2.24) is 9.55 Å².